The highest BCUT2D eigenvalue weighted by atomic mass is 16.5. The van der Waals surface area contributed by atoms with Crippen LogP contribution in [0.2, 0.25) is 0 Å². The Kier molecular flexibility index (Phi) is 4.63. The molecule has 1 saturated carbocycles. The van der Waals surface area contributed by atoms with E-state index in [4.69, 9.17) is 15.2 Å². The average Bonchev–Trinajstić information content (AvgIpc) is 2.55. The molecular weight excluding hydrogens is 262 g/mol. The summed E-state index contributed by atoms with van der Waals surface area (Å²) in [7, 11) is 0. The van der Waals surface area contributed by atoms with Crippen molar-refractivity contribution in [3.8, 4) is 0 Å². The molecule has 3 heteroatoms. The number of rotatable bonds is 4. The summed E-state index contributed by atoms with van der Waals surface area (Å²) >= 11 is 0. The summed E-state index contributed by atoms with van der Waals surface area (Å²) in [6.45, 7) is 4.36. The lowest BCUT2D eigenvalue weighted by Gasteiger charge is -2.40. The van der Waals surface area contributed by atoms with Crippen LogP contribution in [0, 0.1) is 5.92 Å². The molecule has 1 aromatic rings. The molecule has 0 radical (unpaired) electrons. The van der Waals surface area contributed by atoms with E-state index < -0.39 is 0 Å². The fraction of sp³-hybridized carbons (Fsp3) is 0.667. The van der Waals surface area contributed by atoms with Gasteiger partial charge in [-0.3, -0.25) is 0 Å². The summed E-state index contributed by atoms with van der Waals surface area (Å²) < 4.78 is 12.3. The van der Waals surface area contributed by atoms with Crippen LogP contribution in [0.1, 0.15) is 49.8 Å². The molecule has 0 amide bonds. The van der Waals surface area contributed by atoms with Gasteiger partial charge in [-0.2, -0.15) is 0 Å². The molecule has 1 aliphatic carbocycles. The maximum atomic E-state index is 6.31. The molecule has 0 spiro atoms. The largest absolute Gasteiger partial charge is 0.371 e. The molecule has 1 heterocycles. The quantitative estimate of drug-likeness (QED) is 0.925. The average molecular weight is 289 g/mol. The lowest BCUT2D eigenvalue weighted by molar-refractivity contribution is -0.115. The molecule has 1 aromatic carbocycles. The van der Waals surface area contributed by atoms with Crippen molar-refractivity contribution in [1.29, 1.82) is 0 Å². The number of hydrogen-bond donors (Lipinski definition) is 1. The minimum absolute atomic E-state index is 0.0673. The normalized spacial score (nSPS) is 32.7. The lowest BCUT2D eigenvalue weighted by atomic mass is 9.79. The van der Waals surface area contributed by atoms with E-state index in [9.17, 15) is 0 Å². The maximum Gasteiger partial charge on any atom is 0.106 e. The van der Waals surface area contributed by atoms with Crippen LogP contribution in [0.15, 0.2) is 24.3 Å². The Balaban J connectivity index is 1.65. The van der Waals surface area contributed by atoms with Gasteiger partial charge in [-0.1, -0.05) is 31.2 Å². The van der Waals surface area contributed by atoms with Gasteiger partial charge in [0.15, 0.2) is 0 Å². The lowest BCUT2D eigenvalue weighted by Crippen LogP contribution is -2.44. The fourth-order valence-electron chi connectivity index (χ4n) is 3.56. The monoisotopic (exact) mass is 289 g/mol. The minimum Gasteiger partial charge on any atom is -0.371 e. The van der Waals surface area contributed by atoms with Crippen LogP contribution < -0.4 is 5.73 Å². The summed E-state index contributed by atoms with van der Waals surface area (Å²) in [6, 6.07) is 8.56. The first-order valence-corrected chi connectivity index (χ1v) is 8.26. The molecule has 1 aliphatic heterocycles. The van der Waals surface area contributed by atoms with Crippen molar-refractivity contribution in [1.82, 2.24) is 0 Å². The van der Waals surface area contributed by atoms with Crippen LogP contribution in [-0.2, 0) is 15.9 Å². The Morgan fingerprint density at radius 3 is 2.81 bits per heavy atom. The number of ether oxygens (including phenoxy) is 2. The maximum absolute atomic E-state index is 6.31. The standard InChI is InChI=1S/C18H27NO2/c1-14-6-9-18(13-19,10-7-14)21-12-17-16-5-3-2-4-15(16)8-11-20-17/h2-5,14,17H,6-13,19H2,1H3. The van der Waals surface area contributed by atoms with Gasteiger partial charge in [-0.15, -0.1) is 0 Å². The van der Waals surface area contributed by atoms with Crippen LogP contribution in [-0.4, -0.2) is 25.4 Å². The zero-order chi connectivity index (χ0) is 14.7. The molecule has 3 nitrogen and oxygen atoms in total. The summed E-state index contributed by atoms with van der Waals surface area (Å²) in [5, 5.41) is 0. The molecule has 1 fully saturated rings. The first-order chi connectivity index (χ1) is 10.2. The topological polar surface area (TPSA) is 44.5 Å². The summed E-state index contributed by atoms with van der Waals surface area (Å²) in [6.07, 6.45) is 5.68. The number of fused-ring (bicyclic) bond motifs is 1. The Morgan fingerprint density at radius 1 is 1.29 bits per heavy atom. The van der Waals surface area contributed by atoms with E-state index >= 15 is 0 Å². The van der Waals surface area contributed by atoms with E-state index in [0.29, 0.717) is 13.2 Å². The third kappa shape index (κ3) is 3.31. The molecule has 1 unspecified atom stereocenters. The van der Waals surface area contributed by atoms with Gasteiger partial charge in [0.25, 0.3) is 0 Å². The highest BCUT2D eigenvalue weighted by molar-refractivity contribution is 5.30. The molecule has 0 aromatic heterocycles. The van der Waals surface area contributed by atoms with Crippen molar-refractivity contribution in [2.24, 2.45) is 11.7 Å². The van der Waals surface area contributed by atoms with Gasteiger partial charge in [-0.05, 0) is 49.1 Å². The zero-order valence-electron chi connectivity index (χ0n) is 13.0. The summed E-state index contributed by atoms with van der Waals surface area (Å²) in [5.74, 6) is 0.805. The summed E-state index contributed by atoms with van der Waals surface area (Å²) in [5.41, 5.74) is 8.60. The van der Waals surface area contributed by atoms with Gasteiger partial charge in [0.2, 0.25) is 0 Å². The van der Waals surface area contributed by atoms with E-state index in [1.54, 1.807) is 0 Å². The van der Waals surface area contributed by atoms with Gasteiger partial charge in [0.05, 0.1) is 18.8 Å². The van der Waals surface area contributed by atoms with Crippen molar-refractivity contribution in [3.05, 3.63) is 35.4 Å². The number of hydrogen-bond acceptors (Lipinski definition) is 3. The molecule has 2 N–H and O–H groups in total. The van der Waals surface area contributed by atoms with Crippen LogP contribution in [0.25, 0.3) is 0 Å². The number of benzene rings is 1. The van der Waals surface area contributed by atoms with Gasteiger partial charge >= 0.3 is 0 Å². The Labute approximate surface area is 127 Å². The van der Waals surface area contributed by atoms with Crippen LogP contribution in [0.3, 0.4) is 0 Å². The van der Waals surface area contributed by atoms with Crippen LogP contribution in [0.5, 0.6) is 0 Å². The minimum atomic E-state index is -0.123. The second-order valence-corrected chi connectivity index (χ2v) is 6.69. The predicted octanol–water partition coefficient (Wildman–Crippen LogP) is 3.22. The van der Waals surface area contributed by atoms with Gasteiger partial charge in [0.1, 0.15) is 6.10 Å². The summed E-state index contributed by atoms with van der Waals surface area (Å²) in [4.78, 5) is 0. The van der Waals surface area contributed by atoms with Crippen molar-refractivity contribution >= 4 is 0 Å². The van der Waals surface area contributed by atoms with E-state index in [1.165, 1.54) is 24.0 Å². The van der Waals surface area contributed by atoms with Gasteiger partial charge in [0, 0.05) is 6.54 Å². The van der Waals surface area contributed by atoms with E-state index in [1.807, 2.05) is 0 Å². The highest BCUT2D eigenvalue weighted by Crippen LogP contribution is 2.36. The van der Waals surface area contributed by atoms with Gasteiger partial charge in [-0.25, -0.2) is 0 Å². The van der Waals surface area contributed by atoms with Crippen molar-refractivity contribution in [2.75, 3.05) is 19.8 Å². The van der Waals surface area contributed by atoms with Crippen molar-refractivity contribution in [2.45, 2.75) is 50.7 Å². The molecule has 1 atom stereocenters. The van der Waals surface area contributed by atoms with E-state index in [-0.39, 0.29) is 11.7 Å². The predicted molar refractivity (Wildman–Crippen MR) is 84.2 cm³/mol. The van der Waals surface area contributed by atoms with Gasteiger partial charge < -0.3 is 15.2 Å². The van der Waals surface area contributed by atoms with Crippen molar-refractivity contribution in [3.63, 3.8) is 0 Å². The molecule has 116 valence electrons. The zero-order valence-corrected chi connectivity index (χ0v) is 13.0. The third-order valence-electron chi connectivity index (χ3n) is 5.19. The van der Waals surface area contributed by atoms with E-state index in [0.717, 1.165) is 31.8 Å². The first-order valence-electron chi connectivity index (χ1n) is 8.26. The fourth-order valence-corrected chi connectivity index (χ4v) is 3.56. The third-order valence-corrected chi connectivity index (χ3v) is 5.19. The Morgan fingerprint density at radius 2 is 2.05 bits per heavy atom. The molecule has 0 bridgehead atoms. The smallest absolute Gasteiger partial charge is 0.106 e. The molecule has 2 aliphatic rings. The Bertz CT molecular complexity index is 466. The molecular formula is C18H27NO2. The molecule has 3 rings (SSSR count). The van der Waals surface area contributed by atoms with Crippen LogP contribution in [0.4, 0.5) is 0 Å². The van der Waals surface area contributed by atoms with E-state index in [2.05, 4.69) is 31.2 Å². The van der Waals surface area contributed by atoms with Crippen molar-refractivity contribution < 1.29 is 9.47 Å². The number of nitrogens with two attached hydrogens (primary N) is 1. The first kappa shape index (κ1) is 15.0. The molecule has 21 heavy (non-hydrogen) atoms. The second kappa shape index (κ2) is 6.47. The highest BCUT2D eigenvalue weighted by Gasteiger charge is 2.35. The Hall–Kier alpha value is -0.900. The molecule has 0 saturated heterocycles. The SMILES string of the molecule is CC1CCC(CN)(OCC2OCCc3ccccc32)CC1. The van der Waals surface area contributed by atoms with Crippen LogP contribution >= 0.6 is 0 Å². The second-order valence-electron chi connectivity index (χ2n) is 6.69.